The van der Waals surface area contributed by atoms with Crippen molar-refractivity contribution in [3.05, 3.63) is 29.6 Å². The highest BCUT2D eigenvalue weighted by atomic mass is 16.5. The van der Waals surface area contributed by atoms with Crippen LogP contribution >= 0.6 is 0 Å². The number of para-hydroxylation sites is 1. The molecule has 1 heterocycles. The maximum Gasteiger partial charge on any atom is 0.337 e. The van der Waals surface area contributed by atoms with Gasteiger partial charge in [-0.25, -0.2) is 9.78 Å². The Bertz CT molecular complexity index is 668. The Morgan fingerprint density at radius 1 is 1.43 bits per heavy atom. The number of carbonyl (C=O) groups is 1. The minimum Gasteiger partial charge on any atom is -0.478 e. The number of aromatic nitrogens is 2. The highest BCUT2D eigenvalue weighted by Crippen LogP contribution is 2.31. The number of fused-ring (bicyclic) bond motifs is 1. The van der Waals surface area contributed by atoms with Crippen molar-refractivity contribution in [3.63, 3.8) is 0 Å². The normalized spacial score (nSPS) is 13.6. The molecule has 5 nitrogen and oxygen atoms in total. The third-order valence-electron chi connectivity index (χ3n) is 3.46. The number of aromatic carboxylic acids is 1. The van der Waals surface area contributed by atoms with Crippen LogP contribution in [0.25, 0.3) is 11.0 Å². The van der Waals surface area contributed by atoms with Crippen LogP contribution in [0.15, 0.2) is 18.2 Å². The predicted octanol–water partition coefficient (Wildman–Crippen LogP) is 3.24. The molecule has 5 heteroatoms. The Morgan fingerprint density at radius 3 is 2.62 bits per heavy atom. The minimum absolute atomic E-state index is 0.00900. The monoisotopic (exact) mass is 290 g/mol. The highest BCUT2D eigenvalue weighted by molar-refractivity contribution is 6.01. The van der Waals surface area contributed by atoms with Gasteiger partial charge in [0.25, 0.3) is 0 Å². The summed E-state index contributed by atoms with van der Waals surface area (Å²) in [6, 6.07) is 5.22. The quantitative estimate of drug-likeness (QED) is 0.939. The van der Waals surface area contributed by atoms with E-state index in [-0.39, 0.29) is 17.0 Å². The molecule has 1 aromatic carbocycles. The van der Waals surface area contributed by atoms with Crippen LogP contribution in [0.5, 0.6) is 0 Å². The van der Waals surface area contributed by atoms with E-state index in [0.29, 0.717) is 17.6 Å². The fraction of sp³-hybridized carbons (Fsp3) is 0.500. The minimum atomic E-state index is -0.938. The lowest BCUT2D eigenvalue weighted by atomic mass is 9.95. The average Bonchev–Trinajstić information content (AvgIpc) is 2.77. The second-order valence-corrected chi connectivity index (χ2v) is 6.34. The lowest BCUT2D eigenvalue weighted by Gasteiger charge is -2.24. The molecular formula is C16H22N2O3. The van der Waals surface area contributed by atoms with Crippen LogP contribution in [0.1, 0.15) is 49.9 Å². The first-order valence-corrected chi connectivity index (χ1v) is 7.01. The largest absolute Gasteiger partial charge is 0.478 e. The Balaban J connectivity index is 2.83. The number of ether oxygens (including phenoxy) is 1. The molecule has 1 N–H and O–H groups in total. The maximum absolute atomic E-state index is 11.5. The summed E-state index contributed by atoms with van der Waals surface area (Å²) in [5.74, 6) is -0.0671. The predicted molar refractivity (Wildman–Crippen MR) is 82.0 cm³/mol. The van der Waals surface area contributed by atoms with Crippen molar-refractivity contribution in [3.8, 4) is 0 Å². The lowest BCUT2D eigenvalue weighted by Crippen LogP contribution is -2.23. The molecule has 0 aliphatic rings. The van der Waals surface area contributed by atoms with Gasteiger partial charge in [-0.3, -0.25) is 0 Å². The first-order valence-electron chi connectivity index (χ1n) is 7.01. The molecular weight excluding hydrogens is 268 g/mol. The van der Waals surface area contributed by atoms with Gasteiger partial charge in [-0.15, -0.1) is 0 Å². The molecule has 0 amide bonds. The van der Waals surface area contributed by atoms with Crippen molar-refractivity contribution in [1.82, 2.24) is 9.55 Å². The third-order valence-corrected chi connectivity index (χ3v) is 3.46. The van der Waals surface area contributed by atoms with E-state index in [0.717, 1.165) is 5.82 Å². The number of hydrogen-bond acceptors (Lipinski definition) is 3. The van der Waals surface area contributed by atoms with Gasteiger partial charge in [0.2, 0.25) is 0 Å². The van der Waals surface area contributed by atoms with E-state index in [1.54, 1.807) is 19.2 Å². The molecule has 0 fully saturated rings. The van der Waals surface area contributed by atoms with Crippen LogP contribution in [0.4, 0.5) is 0 Å². The van der Waals surface area contributed by atoms with E-state index in [1.807, 2.05) is 17.6 Å². The van der Waals surface area contributed by atoms with Gasteiger partial charge in [-0.1, -0.05) is 26.8 Å². The maximum atomic E-state index is 11.5. The Kier molecular flexibility index (Phi) is 4.05. The number of carboxylic acid groups (broad SMARTS) is 1. The van der Waals surface area contributed by atoms with E-state index in [1.165, 1.54) is 0 Å². The van der Waals surface area contributed by atoms with Gasteiger partial charge in [-0.2, -0.15) is 0 Å². The molecule has 0 aliphatic heterocycles. The fourth-order valence-corrected chi connectivity index (χ4v) is 2.60. The van der Waals surface area contributed by atoms with Gasteiger partial charge in [0.15, 0.2) is 0 Å². The fourth-order valence-electron chi connectivity index (χ4n) is 2.60. The molecule has 0 saturated carbocycles. The van der Waals surface area contributed by atoms with Crippen LogP contribution in [0.3, 0.4) is 0 Å². The zero-order valence-corrected chi connectivity index (χ0v) is 13.2. The van der Waals surface area contributed by atoms with Crippen molar-refractivity contribution in [2.45, 2.75) is 39.2 Å². The van der Waals surface area contributed by atoms with Crippen molar-refractivity contribution in [1.29, 1.82) is 0 Å². The first-order chi connectivity index (χ1) is 9.77. The number of benzene rings is 1. The van der Waals surface area contributed by atoms with Crippen molar-refractivity contribution >= 4 is 17.0 Å². The second kappa shape index (κ2) is 5.48. The number of rotatable bonds is 4. The Morgan fingerprint density at radius 2 is 2.10 bits per heavy atom. The molecule has 21 heavy (non-hydrogen) atoms. The van der Waals surface area contributed by atoms with Gasteiger partial charge in [0.1, 0.15) is 5.82 Å². The SMILES string of the molecule is COCC(C)n1c(C(C)(C)C)nc2cccc(C(=O)O)c21. The van der Waals surface area contributed by atoms with Gasteiger partial charge >= 0.3 is 5.97 Å². The highest BCUT2D eigenvalue weighted by Gasteiger charge is 2.27. The molecule has 0 bridgehead atoms. The summed E-state index contributed by atoms with van der Waals surface area (Å²) in [6.45, 7) is 8.74. The van der Waals surface area contributed by atoms with Crippen LogP contribution in [0, 0.1) is 0 Å². The van der Waals surface area contributed by atoms with Gasteiger partial charge in [0, 0.05) is 12.5 Å². The molecule has 2 aromatic rings. The van der Waals surface area contributed by atoms with Gasteiger partial charge < -0.3 is 14.4 Å². The van der Waals surface area contributed by atoms with Crippen molar-refractivity contribution in [2.75, 3.05) is 13.7 Å². The van der Waals surface area contributed by atoms with Crippen LogP contribution in [0.2, 0.25) is 0 Å². The summed E-state index contributed by atoms with van der Waals surface area (Å²) in [7, 11) is 1.64. The summed E-state index contributed by atoms with van der Waals surface area (Å²) in [6.07, 6.45) is 0. The van der Waals surface area contributed by atoms with E-state index in [2.05, 4.69) is 25.8 Å². The molecule has 1 atom stereocenters. The lowest BCUT2D eigenvalue weighted by molar-refractivity contribution is 0.0698. The smallest absolute Gasteiger partial charge is 0.337 e. The number of hydrogen-bond donors (Lipinski definition) is 1. The Labute approximate surface area is 124 Å². The zero-order chi connectivity index (χ0) is 15.8. The standard InChI is InChI=1S/C16H22N2O3/c1-10(9-21-5)18-13-11(14(19)20)7-6-8-12(13)17-15(18)16(2,3)4/h6-8,10H,9H2,1-5H3,(H,19,20). The summed E-state index contributed by atoms with van der Waals surface area (Å²) < 4.78 is 7.25. The molecule has 0 aliphatic carbocycles. The van der Waals surface area contributed by atoms with E-state index in [4.69, 9.17) is 4.74 Å². The number of imidazole rings is 1. The third kappa shape index (κ3) is 2.78. The number of carboxylic acids is 1. The summed E-state index contributed by atoms with van der Waals surface area (Å²) in [5.41, 5.74) is 1.47. The topological polar surface area (TPSA) is 64.4 Å². The molecule has 114 valence electrons. The second-order valence-electron chi connectivity index (χ2n) is 6.34. The average molecular weight is 290 g/mol. The zero-order valence-electron chi connectivity index (χ0n) is 13.2. The number of methoxy groups -OCH3 is 1. The van der Waals surface area contributed by atoms with Gasteiger partial charge in [-0.05, 0) is 19.1 Å². The summed E-state index contributed by atoms with van der Waals surface area (Å²) in [4.78, 5) is 16.2. The molecule has 0 saturated heterocycles. The van der Waals surface area contributed by atoms with Gasteiger partial charge in [0.05, 0.1) is 29.2 Å². The van der Waals surface area contributed by atoms with Crippen molar-refractivity contribution < 1.29 is 14.6 Å². The summed E-state index contributed by atoms with van der Waals surface area (Å²) in [5, 5.41) is 9.46. The molecule has 0 spiro atoms. The first kappa shape index (κ1) is 15.5. The summed E-state index contributed by atoms with van der Waals surface area (Å²) >= 11 is 0. The molecule has 2 rings (SSSR count). The molecule has 1 unspecified atom stereocenters. The van der Waals surface area contributed by atoms with E-state index in [9.17, 15) is 9.90 Å². The van der Waals surface area contributed by atoms with E-state index < -0.39 is 5.97 Å². The van der Waals surface area contributed by atoms with Crippen molar-refractivity contribution in [2.24, 2.45) is 0 Å². The van der Waals surface area contributed by atoms with Crippen LogP contribution in [-0.2, 0) is 10.2 Å². The van der Waals surface area contributed by atoms with Crippen LogP contribution < -0.4 is 0 Å². The van der Waals surface area contributed by atoms with Crippen LogP contribution in [-0.4, -0.2) is 34.3 Å². The van der Waals surface area contributed by atoms with E-state index >= 15 is 0 Å². The Hall–Kier alpha value is -1.88. The molecule has 1 aromatic heterocycles. The molecule has 0 radical (unpaired) electrons. The number of nitrogens with zero attached hydrogens (tertiary/aromatic N) is 2.